The molecule has 3 rings (SSSR count). The van der Waals surface area contributed by atoms with Crippen LogP contribution in [0.3, 0.4) is 0 Å². The van der Waals surface area contributed by atoms with Crippen molar-refractivity contribution in [2.24, 2.45) is 0 Å². The number of ether oxygens (including phenoxy) is 1. The summed E-state index contributed by atoms with van der Waals surface area (Å²) in [7, 11) is 0. The first kappa shape index (κ1) is 14.8. The Bertz CT molecular complexity index is 947. The molecule has 1 N–H and O–H groups in total. The zero-order valence-electron chi connectivity index (χ0n) is 12.4. The first-order valence-electron chi connectivity index (χ1n) is 6.99. The van der Waals surface area contributed by atoms with Crippen LogP contribution in [0.5, 0.6) is 5.75 Å². The van der Waals surface area contributed by atoms with Crippen LogP contribution in [-0.4, -0.2) is 20.5 Å². The number of pyridine rings is 1. The van der Waals surface area contributed by atoms with Gasteiger partial charge in [-0.25, -0.2) is 9.78 Å². The highest BCUT2D eigenvalue weighted by molar-refractivity contribution is 5.92. The second kappa shape index (κ2) is 5.92. The topological polar surface area (TPSA) is 80.9 Å². The van der Waals surface area contributed by atoms with Gasteiger partial charge in [0.2, 0.25) is 0 Å². The van der Waals surface area contributed by atoms with Crippen molar-refractivity contribution in [1.82, 2.24) is 9.38 Å². The summed E-state index contributed by atoms with van der Waals surface area (Å²) in [4.78, 5) is 28.4. The first-order valence-corrected chi connectivity index (χ1v) is 6.99. The molecule has 6 nitrogen and oxygen atoms in total. The van der Waals surface area contributed by atoms with Crippen molar-refractivity contribution in [2.75, 3.05) is 0 Å². The van der Waals surface area contributed by atoms with Gasteiger partial charge in [0, 0.05) is 11.8 Å². The Hall–Kier alpha value is -3.15. The lowest BCUT2D eigenvalue weighted by molar-refractivity contribution is 0.0464. The predicted octanol–water partition coefficient (Wildman–Crippen LogP) is 2.07. The van der Waals surface area contributed by atoms with Gasteiger partial charge in [0.15, 0.2) is 0 Å². The van der Waals surface area contributed by atoms with Crippen LogP contribution in [0.15, 0.2) is 53.3 Å². The molecule has 2 heterocycles. The van der Waals surface area contributed by atoms with Crippen molar-refractivity contribution in [3.8, 4) is 5.75 Å². The van der Waals surface area contributed by atoms with Crippen molar-refractivity contribution in [3.63, 3.8) is 0 Å². The molecule has 0 aliphatic heterocycles. The number of nitrogens with zero attached hydrogens (tertiary/aromatic N) is 2. The number of carbonyl (C=O) groups is 1. The minimum atomic E-state index is -0.672. The minimum Gasteiger partial charge on any atom is -0.507 e. The summed E-state index contributed by atoms with van der Waals surface area (Å²) in [6.45, 7) is 1.67. The molecule has 0 spiro atoms. The highest BCUT2D eigenvalue weighted by atomic mass is 16.5. The number of aromatic nitrogens is 2. The maximum atomic E-state index is 12.1. The number of phenolic OH excluding ortho intramolecular Hbond substituents is 1. The van der Waals surface area contributed by atoms with E-state index in [0.29, 0.717) is 11.3 Å². The van der Waals surface area contributed by atoms with Gasteiger partial charge >= 0.3 is 5.97 Å². The summed E-state index contributed by atoms with van der Waals surface area (Å²) in [5.74, 6) is -0.825. The van der Waals surface area contributed by atoms with Crippen LogP contribution in [0, 0.1) is 6.92 Å². The molecule has 0 aliphatic rings. The van der Waals surface area contributed by atoms with Gasteiger partial charge in [-0.3, -0.25) is 9.20 Å². The molecule has 0 atom stereocenters. The van der Waals surface area contributed by atoms with Crippen LogP contribution in [-0.2, 0) is 11.3 Å². The zero-order valence-corrected chi connectivity index (χ0v) is 12.4. The molecule has 0 radical (unpaired) electrons. The fourth-order valence-corrected chi connectivity index (χ4v) is 2.30. The molecule has 0 aliphatic carbocycles. The molecule has 23 heavy (non-hydrogen) atoms. The number of esters is 1. The van der Waals surface area contributed by atoms with Crippen LogP contribution in [0.25, 0.3) is 5.65 Å². The number of hydrogen-bond donors (Lipinski definition) is 1. The molecular weight excluding hydrogens is 296 g/mol. The largest absolute Gasteiger partial charge is 0.507 e. The van der Waals surface area contributed by atoms with Crippen molar-refractivity contribution >= 4 is 11.6 Å². The second-order valence-electron chi connectivity index (χ2n) is 5.04. The van der Waals surface area contributed by atoms with E-state index in [0.717, 1.165) is 5.69 Å². The molecule has 0 saturated carbocycles. The van der Waals surface area contributed by atoms with Gasteiger partial charge in [0.1, 0.15) is 23.6 Å². The molecule has 0 fully saturated rings. The molecular formula is C17H14N2O4. The first-order chi connectivity index (χ1) is 11.1. The lowest BCUT2D eigenvalue weighted by atomic mass is 10.2. The Labute approximate surface area is 131 Å². The van der Waals surface area contributed by atoms with E-state index >= 15 is 0 Å². The van der Waals surface area contributed by atoms with E-state index in [1.807, 2.05) is 13.0 Å². The highest BCUT2D eigenvalue weighted by Crippen LogP contribution is 2.17. The van der Waals surface area contributed by atoms with E-state index in [-0.39, 0.29) is 23.5 Å². The average molecular weight is 310 g/mol. The lowest BCUT2D eigenvalue weighted by Crippen LogP contribution is -2.18. The number of benzene rings is 1. The quantitative estimate of drug-likeness (QED) is 0.749. The molecule has 0 unspecified atom stereocenters. The third-order valence-corrected chi connectivity index (χ3v) is 3.41. The standard InChI is InChI=1S/C17H14N2O4/c1-11-5-4-8-15-18-12(9-16(21)19(11)15)10-23-17(22)13-6-2-3-7-14(13)20/h2-9,20H,10H2,1H3. The summed E-state index contributed by atoms with van der Waals surface area (Å²) in [5.41, 5.74) is 1.45. The summed E-state index contributed by atoms with van der Waals surface area (Å²) in [6, 6.07) is 12.8. The smallest absolute Gasteiger partial charge is 0.342 e. The van der Waals surface area contributed by atoms with E-state index in [4.69, 9.17) is 4.74 Å². The molecule has 0 bridgehead atoms. The van der Waals surface area contributed by atoms with Crippen molar-refractivity contribution in [3.05, 3.63) is 75.8 Å². The van der Waals surface area contributed by atoms with E-state index in [1.54, 1.807) is 24.3 Å². The van der Waals surface area contributed by atoms with Crippen molar-refractivity contribution in [2.45, 2.75) is 13.5 Å². The maximum Gasteiger partial charge on any atom is 0.342 e. The third-order valence-electron chi connectivity index (χ3n) is 3.41. The average Bonchev–Trinajstić information content (AvgIpc) is 2.53. The fraction of sp³-hybridized carbons (Fsp3) is 0.118. The van der Waals surface area contributed by atoms with Gasteiger partial charge in [0.25, 0.3) is 5.56 Å². The Morgan fingerprint density at radius 1 is 1.22 bits per heavy atom. The highest BCUT2D eigenvalue weighted by Gasteiger charge is 2.13. The molecule has 3 aromatic rings. The maximum absolute atomic E-state index is 12.1. The van der Waals surface area contributed by atoms with Crippen LogP contribution in [0.1, 0.15) is 21.7 Å². The van der Waals surface area contributed by atoms with Gasteiger partial charge < -0.3 is 9.84 Å². The fourth-order valence-electron chi connectivity index (χ4n) is 2.30. The molecule has 2 aromatic heterocycles. The third kappa shape index (κ3) is 2.91. The predicted molar refractivity (Wildman–Crippen MR) is 83.4 cm³/mol. The number of hydrogen-bond acceptors (Lipinski definition) is 5. The molecule has 6 heteroatoms. The molecule has 1 aromatic carbocycles. The molecule has 0 saturated heterocycles. The molecule has 0 amide bonds. The van der Waals surface area contributed by atoms with Gasteiger partial charge in [-0.15, -0.1) is 0 Å². The van der Waals surface area contributed by atoms with Crippen LogP contribution < -0.4 is 5.56 Å². The van der Waals surface area contributed by atoms with Crippen LogP contribution in [0.4, 0.5) is 0 Å². The van der Waals surface area contributed by atoms with Gasteiger partial charge in [-0.05, 0) is 31.2 Å². The number of aryl methyl sites for hydroxylation is 1. The minimum absolute atomic E-state index is 0.0702. The summed E-state index contributed by atoms with van der Waals surface area (Å²) < 4.78 is 6.60. The molecule has 116 valence electrons. The van der Waals surface area contributed by atoms with E-state index in [2.05, 4.69) is 4.98 Å². The monoisotopic (exact) mass is 310 g/mol. The second-order valence-corrected chi connectivity index (χ2v) is 5.04. The number of rotatable bonds is 3. The van der Waals surface area contributed by atoms with Crippen LogP contribution >= 0.6 is 0 Å². The summed E-state index contributed by atoms with van der Waals surface area (Å²) in [5, 5.41) is 9.62. The van der Waals surface area contributed by atoms with Gasteiger partial charge in [0.05, 0.1) is 5.69 Å². The Kier molecular flexibility index (Phi) is 3.80. The Balaban J connectivity index is 1.84. The zero-order chi connectivity index (χ0) is 16.4. The number of para-hydroxylation sites is 1. The lowest BCUT2D eigenvalue weighted by Gasteiger charge is -2.08. The Morgan fingerprint density at radius 3 is 2.78 bits per heavy atom. The van der Waals surface area contributed by atoms with E-state index < -0.39 is 5.97 Å². The van der Waals surface area contributed by atoms with Gasteiger partial charge in [-0.1, -0.05) is 18.2 Å². The van der Waals surface area contributed by atoms with E-state index in [1.165, 1.54) is 22.6 Å². The normalized spacial score (nSPS) is 10.7. The number of phenols is 1. The van der Waals surface area contributed by atoms with Crippen LogP contribution in [0.2, 0.25) is 0 Å². The van der Waals surface area contributed by atoms with Gasteiger partial charge in [-0.2, -0.15) is 0 Å². The number of aromatic hydroxyl groups is 1. The number of carbonyl (C=O) groups excluding carboxylic acids is 1. The van der Waals surface area contributed by atoms with Crippen molar-refractivity contribution < 1.29 is 14.6 Å². The Morgan fingerprint density at radius 2 is 2.00 bits per heavy atom. The number of fused-ring (bicyclic) bond motifs is 1. The summed E-state index contributed by atoms with van der Waals surface area (Å²) >= 11 is 0. The van der Waals surface area contributed by atoms with E-state index in [9.17, 15) is 14.7 Å². The summed E-state index contributed by atoms with van der Waals surface area (Å²) in [6.07, 6.45) is 0. The van der Waals surface area contributed by atoms with Crippen molar-refractivity contribution in [1.29, 1.82) is 0 Å². The SMILES string of the molecule is Cc1cccc2nc(COC(=O)c3ccccc3O)cc(=O)n12.